The van der Waals surface area contributed by atoms with Gasteiger partial charge in [-0.05, 0) is 41.4 Å². The van der Waals surface area contributed by atoms with Crippen molar-refractivity contribution in [2.24, 2.45) is 5.73 Å². The van der Waals surface area contributed by atoms with Crippen molar-refractivity contribution in [1.82, 2.24) is 15.0 Å². The summed E-state index contributed by atoms with van der Waals surface area (Å²) in [4.78, 5) is 12.8. The van der Waals surface area contributed by atoms with Crippen LogP contribution in [0.25, 0.3) is 4.48 Å². The van der Waals surface area contributed by atoms with E-state index in [9.17, 15) is 5.11 Å². The third-order valence-corrected chi connectivity index (χ3v) is 3.53. The number of halogens is 1. The van der Waals surface area contributed by atoms with Crippen molar-refractivity contribution in [2.45, 2.75) is 26.0 Å². The first-order valence-corrected chi connectivity index (χ1v) is 7.52. The molecule has 0 fully saturated rings. The van der Waals surface area contributed by atoms with Gasteiger partial charge in [0.05, 0.1) is 10.2 Å². The fourth-order valence-corrected chi connectivity index (χ4v) is 1.91. The van der Waals surface area contributed by atoms with Crippen molar-refractivity contribution < 1.29 is 5.11 Å². The topological polar surface area (TPSA) is 97.0 Å². The van der Waals surface area contributed by atoms with E-state index in [1.807, 2.05) is 12.1 Å². The second kappa shape index (κ2) is 6.85. The molecule has 4 N–H and O–H groups in total. The number of pyridine rings is 1. The lowest BCUT2D eigenvalue weighted by Gasteiger charge is -2.18. The number of nitrogens with two attached hydrogens (primary N) is 1. The van der Waals surface area contributed by atoms with Crippen molar-refractivity contribution >= 4 is 26.2 Å². The Hall–Kier alpha value is -1.99. The lowest BCUT2D eigenvalue weighted by molar-refractivity contribution is 0.0737. The fraction of sp³-hybridized carbons (Fsp3) is 0.267. The summed E-state index contributed by atoms with van der Waals surface area (Å²) in [7, 11) is 0. The van der Waals surface area contributed by atoms with E-state index in [4.69, 9.17) is 5.73 Å². The molecule has 6 nitrogen and oxygen atoms in total. The van der Waals surface area contributed by atoms with Crippen molar-refractivity contribution in [1.29, 1.82) is 0 Å². The summed E-state index contributed by atoms with van der Waals surface area (Å²) in [6.45, 7) is 3.91. The van der Waals surface area contributed by atoms with Crippen molar-refractivity contribution in [3.05, 3.63) is 53.9 Å². The standard InChI is InChI=1S/C15H18BrN5O/c1-15(2,22)12-6-13(21-14(20-12)11(16)7-17)19-9-10-4-3-5-18-8-10/h3-8,22H,9,17H2,1-2H3,(H,19,20,21). The summed E-state index contributed by atoms with van der Waals surface area (Å²) in [6.07, 6.45) is 4.87. The predicted octanol–water partition coefficient (Wildman–Crippen LogP) is 2.36. The van der Waals surface area contributed by atoms with Crippen LogP contribution in [0.3, 0.4) is 0 Å². The molecule has 7 heteroatoms. The molecule has 0 radical (unpaired) electrons. The highest BCUT2D eigenvalue weighted by molar-refractivity contribution is 9.15. The smallest absolute Gasteiger partial charge is 0.170 e. The van der Waals surface area contributed by atoms with Gasteiger partial charge >= 0.3 is 0 Å². The number of nitrogens with zero attached hydrogens (tertiary/aromatic N) is 3. The van der Waals surface area contributed by atoms with E-state index >= 15 is 0 Å². The molecule has 2 aromatic heterocycles. The molecule has 0 saturated carbocycles. The molecule has 22 heavy (non-hydrogen) atoms. The lowest BCUT2D eigenvalue weighted by Crippen LogP contribution is -2.19. The molecule has 2 rings (SSSR count). The summed E-state index contributed by atoms with van der Waals surface area (Å²) in [5.74, 6) is 1.01. The second-order valence-electron chi connectivity index (χ2n) is 5.25. The van der Waals surface area contributed by atoms with Gasteiger partial charge in [-0.1, -0.05) is 6.07 Å². The summed E-state index contributed by atoms with van der Waals surface area (Å²) in [6, 6.07) is 5.56. The van der Waals surface area contributed by atoms with Gasteiger partial charge in [0.2, 0.25) is 0 Å². The van der Waals surface area contributed by atoms with Crippen molar-refractivity contribution in [3.63, 3.8) is 0 Å². The Bertz CT molecular complexity index is 667. The molecule has 2 aromatic rings. The molecule has 0 atom stereocenters. The maximum Gasteiger partial charge on any atom is 0.170 e. The van der Waals surface area contributed by atoms with Crippen LogP contribution in [0.5, 0.6) is 0 Å². The zero-order valence-corrected chi connectivity index (χ0v) is 14.0. The first-order valence-electron chi connectivity index (χ1n) is 6.72. The molecular weight excluding hydrogens is 346 g/mol. The number of hydrogen-bond acceptors (Lipinski definition) is 6. The number of rotatable bonds is 5. The number of aromatic nitrogens is 3. The molecule has 2 heterocycles. The zero-order chi connectivity index (χ0) is 16.2. The Balaban J connectivity index is 2.30. The van der Waals surface area contributed by atoms with Gasteiger partial charge in [-0.2, -0.15) is 0 Å². The number of anilines is 1. The molecule has 0 saturated heterocycles. The van der Waals surface area contributed by atoms with Gasteiger partial charge in [0.15, 0.2) is 5.82 Å². The Morgan fingerprint density at radius 3 is 2.82 bits per heavy atom. The van der Waals surface area contributed by atoms with Crippen LogP contribution in [0.2, 0.25) is 0 Å². The average molecular weight is 364 g/mol. The Morgan fingerprint density at radius 1 is 1.45 bits per heavy atom. The zero-order valence-electron chi connectivity index (χ0n) is 12.4. The highest BCUT2D eigenvalue weighted by Gasteiger charge is 2.20. The molecule has 116 valence electrons. The minimum absolute atomic E-state index is 0.413. The monoisotopic (exact) mass is 363 g/mol. The SMILES string of the molecule is CC(C)(O)c1cc(NCc2cccnc2)nc(C(Br)=CN)n1. The van der Waals surface area contributed by atoms with Crippen LogP contribution in [0.1, 0.15) is 30.9 Å². The Labute approximate surface area is 137 Å². The molecule has 0 unspecified atom stereocenters. The molecule has 0 spiro atoms. The van der Waals surface area contributed by atoms with Crippen molar-refractivity contribution in [2.75, 3.05) is 5.32 Å². The quantitative estimate of drug-likeness (QED) is 0.754. The first kappa shape index (κ1) is 16.4. The van der Waals surface area contributed by atoms with Gasteiger partial charge in [-0.3, -0.25) is 4.98 Å². The van der Waals surface area contributed by atoms with E-state index in [-0.39, 0.29) is 0 Å². The van der Waals surface area contributed by atoms with E-state index in [1.165, 1.54) is 6.20 Å². The summed E-state index contributed by atoms with van der Waals surface area (Å²) in [5, 5.41) is 13.4. The lowest BCUT2D eigenvalue weighted by atomic mass is 10.1. The minimum atomic E-state index is -1.08. The average Bonchev–Trinajstić information content (AvgIpc) is 2.52. The van der Waals surface area contributed by atoms with E-state index in [0.717, 1.165) is 5.56 Å². The van der Waals surface area contributed by atoms with Crippen LogP contribution in [0.15, 0.2) is 36.8 Å². The molecule has 0 amide bonds. The van der Waals surface area contributed by atoms with Crippen LogP contribution in [-0.4, -0.2) is 20.1 Å². The summed E-state index contributed by atoms with van der Waals surface area (Å²) in [5.41, 5.74) is 5.95. The number of aliphatic hydroxyl groups is 1. The maximum absolute atomic E-state index is 10.2. The highest BCUT2D eigenvalue weighted by Crippen LogP contribution is 2.24. The van der Waals surface area contributed by atoms with Crippen LogP contribution in [0, 0.1) is 0 Å². The normalized spacial score (nSPS) is 12.3. The largest absolute Gasteiger partial charge is 0.404 e. The van der Waals surface area contributed by atoms with E-state index in [2.05, 4.69) is 36.2 Å². The minimum Gasteiger partial charge on any atom is -0.404 e. The maximum atomic E-state index is 10.2. The van der Waals surface area contributed by atoms with Crippen LogP contribution >= 0.6 is 15.9 Å². The molecule has 0 aromatic carbocycles. The number of hydrogen-bond donors (Lipinski definition) is 3. The number of nitrogens with one attached hydrogen (secondary N) is 1. The van der Waals surface area contributed by atoms with Crippen LogP contribution in [-0.2, 0) is 12.1 Å². The van der Waals surface area contributed by atoms with Crippen LogP contribution in [0.4, 0.5) is 5.82 Å². The summed E-state index contributed by atoms with van der Waals surface area (Å²) >= 11 is 3.31. The predicted molar refractivity (Wildman–Crippen MR) is 89.9 cm³/mol. The fourth-order valence-electron chi connectivity index (χ4n) is 1.73. The van der Waals surface area contributed by atoms with Gasteiger partial charge in [0.25, 0.3) is 0 Å². The van der Waals surface area contributed by atoms with Gasteiger partial charge in [-0.25, -0.2) is 9.97 Å². The molecule has 0 aliphatic heterocycles. The molecule has 0 bridgehead atoms. The second-order valence-corrected chi connectivity index (χ2v) is 6.10. The van der Waals surface area contributed by atoms with E-state index in [1.54, 1.807) is 32.3 Å². The van der Waals surface area contributed by atoms with Gasteiger partial charge in [-0.15, -0.1) is 0 Å². The van der Waals surface area contributed by atoms with E-state index < -0.39 is 5.60 Å². The van der Waals surface area contributed by atoms with Gasteiger partial charge in [0, 0.05) is 31.2 Å². The molecule has 0 aliphatic carbocycles. The van der Waals surface area contributed by atoms with Crippen molar-refractivity contribution in [3.8, 4) is 0 Å². The Morgan fingerprint density at radius 2 is 2.23 bits per heavy atom. The van der Waals surface area contributed by atoms with Gasteiger partial charge < -0.3 is 16.2 Å². The van der Waals surface area contributed by atoms with E-state index in [0.29, 0.717) is 28.4 Å². The molecule has 0 aliphatic rings. The third-order valence-electron chi connectivity index (χ3n) is 2.91. The summed E-state index contributed by atoms with van der Waals surface area (Å²) < 4.78 is 0.558. The molecular formula is C15H18BrN5O. The van der Waals surface area contributed by atoms with Crippen LogP contribution < -0.4 is 11.1 Å². The van der Waals surface area contributed by atoms with Gasteiger partial charge in [0.1, 0.15) is 11.4 Å². The third kappa shape index (κ3) is 4.25. The first-order chi connectivity index (χ1) is 10.4. The Kier molecular flexibility index (Phi) is 5.10. The highest BCUT2D eigenvalue weighted by atomic mass is 79.9.